The van der Waals surface area contributed by atoms with Gasteiger partial charge in [0.15, 0.2) is 0 Å². The Morgan fingerprint density at radius 3 is 2.30 bits per heavy atom. The third kappa shape index (κ3) is 6.32. The normalized spacial score (nSPS) is 15.1. The monoisotopic (exact) mass is 305 g/mol. The summed E-state index contributed by atoms with van der Waals surface area (Å²) in [5.74, 6) is -1.61. The highest BCUT2D eigenvalue weighted by molar-refractivity contribution is 7.87. The maximum atomic E-state index is 12.2. The van der Waals surface area contributed by atoms with Gasteiger partial charge in [-0.05, 0) is 19.3 Å². The predicted molar refractivity (Wildman–Crippen MR) is 75.0 cm³/mol. The van der Waals surface area contributed by atoms with E-state index < -0.39 is 28.1 Å². The van der Waals surface area contributed by atoms with Gasteiger partial charge in [-0.3, -0.25) is 4.79 Å². The number of nitriles is 1. The summed E-state index contributed by atoms with van der Waals surface area (Å²) in [6.45, 7) is 7.10. The van der Waals surface area contributed by atoms with Gasteiger partial charge in [-0.2, -0.15) is 22.7 Å². The van der Waals surface area contributed by atoms with Crippen molar-refractivity contribution in [2.45, 2.75) is 40.2 Å². The van der Waals surface area contributed by atoms with Gasteiger partial charge in [0.25, 0.3) is 10.2 Å². The van der Waals surface area contributed by atoms with Crippen LogP contribution in [0.5, 0.6) is 0 Å². The molecule has 0 aliphatic carbocycles. The van der Waals surface area contributed by atoms with Crippen molar-refractivity contribution >= 4 is 16.2 Å². The highest BCUT2D eigenvalue weighted by atomic mass is 32.2. The van der Waals surface area contributed by atoms with Crippen LogP contribution >= 0.6 is 0 Å². The largest absolute Gasteiger partial charge is 0.480 e. The molecule has 0 bridgehead atoms. The number of hydrogen-bond donors (Lipinski definition) is 2. The molecule has 0 aromatic carbocycles. The number of rotatable bonds is 9. The van der Waals surface area contributed by atoms with Crippen LogP contribution in [0, 0.1) is 23.2 Å². The zero-order valence-corrected chi connectivity index (χ0v) is 13.1. The topological polar surface area (TPSA) is 111 Å². The Morgan fingerprint density at radius 1 is 1.40 bits per heavy atom. The van der Waals surface area contributed by atoms with Crippen LogP contribution in [0.2, 0.25) is 0 Å². The van der Waals surface area contributed by atoms with Crippen molar-refractivity contribution in [3.63, 3.8) is 0 Å². The molecule has 2 N–H and O–H groups in total. The molecular weight excluding hydrogens is 282 g/mol. The fraction of sp³-hybridized carbons (Fsp3) is 0.833. The Labute approximate surface area is 120 Å². The van der Waals surface area contributed by atoms with E-state index in [0.717, 1.165) is 4.31 Å². The first kappa shape index (κ1) is 18.8. The van der Waals surface area contributed by atoms with E-state index in [0.29, 0.717) is 0 Å². The molecule has 0 saturated heterocycles. The van der Waals surface area contributed by atoms with Crippen LogP contribution in [0.25, 0.3) is 0 Å². The molecule has 0 radical (unpaired) electrons. The van der Waals surface area contributed by atoms with E-state index in [2.05, 4.69) is 4.72 Å². The number of carboxylic acid groups (broad SMARTS) is 1. The minimum absolute atomic E-state index is 0.0380. The van der Waals surface area contributed by atoms with Crippen LogP contribution in [0.1, 0.15) is 34.1 Å². The Hall–Kier alpha value is -1.17. The molecule has 0 aliphatic heterocycles. The van der Waals surface area contributed by atoms with Gasteiger partial charge in [0, 0.05) is 13.1 Å². The van der Waals surface area contributed by atoms with Crippen LogP contribution in [0.15, 0.2) is 0 Å². The van der Waals surface area contributed by atoms with Crippen molar-refractivity contribution in [3.8, 4) is 6.07 Å². The molecule has 0 aromatic heterocycles. The summed E-state index contributed by atoms with van der Waals surface area (Å²) in [4.78, 5) is 11.1. The van der Waals surface area contributed by atoms with Crippen molar-refractivity contribution in [1.29, 1.82) is 5.26 Å². The molecule has 0 spiro atoms. The average molecular weight is 305 g/mol. The lowest BCUT2D eigenvalue weighted by Gasteiger charge is -2.24. The molecule has 1 unspecified atom stereocenters. The molecule has 7 nitrogen and oxygen atoms in total. The number of nitrogens with one attached hydrogen (secondary N) is 1. The van der Waals surface area contributed by atoms with Gasteiger partial charge in [0.2, 0.25) is 0 Å². The quantitative estimate of drug-likeness (QED) is 0.654. The SMILES string of the molecule is CCN(CC(C)C#N)S(=O)(=O)N[C@H](CC(C)C)C(=O)O. The first-order valence-corrected chi connectivity index (χ1v) is 7.97. The Morgan fingerprint density at radius 2 is 1.95 bits per heavy atom. The third-order valence-electron chi connectivity index (χ3n) is 2.69. The van der Waals surface area contributed by atoms with Crippen molar-refractivity contribution < 1.29 is 18.3 Å². The van der Waals surface area contributed by atoms with Gasteiger partial charge >= 0.3 is 5.97 Å². The standard InChI is InChI=1S/C12H23N3O4S/c1-5-15(8-10(4)7-13)20(18,19)14-11(12(16)17)6-9(2)3/h9-11,14H,5-6,8H2,1-4H3,(H,16,17)/t10?,11-/m1/s1. The fourth-order valence-electron chi connectivity index (χ4n) is 1.67. The number of carboxylic acids is 1. The molecule has 116 valence electrons. The second-order valence-corrected chi connectivity index (χ2v) is 6.83. The maximum Gasteiger partial charge on any atom is 0.321 e. The van der Waals surface area contributed by atoms with Gasteiger partial charge in [0.1, 0.15) is 6.04 Å². The molecule has 20 heavy (non-hydrogen) atoms. The summed E-state index contributed by atoms with van der Waals surface area (Å²) in [6, 6.07) is 0.799. The van der Waals surface area contributed by atoms with Gasteiger partial charge in [-0.25, -0.2) is 0 Å². The maximum absolute atomic E-state index is 12.2. The van der Waals surface area contributed by atoms with Crippen molar-refractivity contribution in [2.24, 2.45) is 11.8 Å². The van der Waals surface area contributed by atoms with E-state index in [1.165, 1.54) is 0 Å². The molecule has 0 rings (SSSR count). The zero-order valence-electron chi connectivity index (χ0n) is 12.3. The highest BCUT2D eigenvalue weighted by Gasteiger charge is 2.29. The molecule has 2 atom stereocenters. The van der Waals surface area contributed by atoms with Gasteiger partial charge in [-0.15, -0.1) is 0 Å². The number of nitrogens with zero attached hydrogens (tertiary/aromatic N) is 2. The van der Waals surface area contributed by atoms with E-state index in [1.807, 2.05) is 19.9 Å². The minimum atomic E-state index is -3.92. The average Bonchev–Trinajstić information content (AvgIpc) is 2.33. The van der Waals surface area contributed by atoms with Gasteiger partial charge in [-0.1, -0.05) is 20.8 Å². The zero-order chi connectivity index (χ0) is 15.9. The van der Waals surface area contributed by atoms with Crippen molar-refractivity contribution in [3.05, 3.63) is 0 Å². The lowest BCUT2D eigenvalue weighted by molar-refractivity contribution is -0.139. The summed E-state index contributed by atoms with van der Waals surface area (Å²) < 4.78 is 27.6. The van der Waals surface area contributed by atoms with Crippen LogP contribution in [-0.4, -0.2) is 42.9 Å². The van der Waals surface area contributed by atoms with Gasteiger partial charge in [0.05, 0.1) is 12.0 Å². The number of hydrogen-bond acceptors (Lipinski definition) is 4. The Kier molecular flexibility index (Phi) is 7.71. The predicted octanol–water partition coefficient (Wildman–Crippen LogP) is 0.802. The molecule has 0 aromatic rings. The first-order chi connectivity index (χ1) is 9.13. The van der Waals surface area contributed by atoms with Crippen LogP contribution in [-0.2, 0) is 15.0 Å². The minimum Gasteiger partial charge on any atom is -0.480 e. The lowest BCUT2D eigenvalue weighted by Crippen LogP contribution is -2.49. The molecule has 8 heteroatoms. The fourth-order valence-corrected chi connectivity index (χ4v) is 3.13. The van der Waals surface area contributed by atoms with Crippen LogP contribution in [0.4, 0.5) is 0 Å². The van der Waals surface area contributed by atoms with E-state index in [-0.39, 0.29) is 25.4 Å². The van der Waals surface area contributed by atoms with Gasteiger partial charge < -0.3 is 5.11 Å². The second kappa shape index (κ2) is 8.19. The Bertz CT molecular complexity index is 456. The van der Waals surface area contributed by atoms with E-state index in [9.17, 15) is 13.2 Å². The second-order valence-electron chi connectivity index (χ2n) is 5.12. The molecular formula is C12H23N3O4S. The number of carbonyl (C=O) groups is 1. The summed E-state index contributed by atoms with van der Waals surface area (Å²) in [5.41, 5.74) is 0. The van der Waals surface area contributed by atoms with E-state index in [4.69, 9.17) is 10.4 Å². The first-order valence-electron chi connectivity index (χ1n) is 6.53. The van der Waals surface area contributed by atoms with Crippen LogP contribution < -0.4 is 4.72 Å². The Balaban J connectivity index is 5.00. The molecule has 0 saturated carbocycles. The van der Waals surface area contributed by atoms with Crippen molar-refractivity contribution in [1.82, 2.24) is 9.03 Å². The number of aliphatic carboxylic acids is 1. The lowest BCUT2D eigenvalue weighted by atomic mass is 10.1. The summed E-state index contributed by atoms with van der Waals surface area (Å²) in [6.07, 6.45) is 0.208. The molecule has 0 fully saturated rings. The van der Waals surface area contributed by atoms with Crippen molar-refractivity contribution in [2.75, 3.05) is 13.1 Å². The van der Waals surface area contributed by atoms with E-state index in [1.54, 1.807) is 13.8 Å². The summed E-state index contributed by atoms with van der Waals surface area (Å²) >= 11 is 0. The molecule has 0 amide bonds. The van der Waals surface area contributed by atoms with Crippen LogP contribution in [0.3, 0.4) is 0 Å². The smallest absolute Gasteiger partial charge is 0.321 e. The summed E-state index contributed by atoms with van der Waals surface area (Å²) in [5, 5.41) is 17.8. The highest BCUT2D eigenvalue weighted by Crippen LogP contribution is 2.09. The molecule has 0 heterocycles. The summed E-state index contributed by atoms with van der Waals surface area (Å²) in [7, 11) is -3.92. The molecule has 0 aliphatic rings. The van der Waals surface area contributed by atoms with E-state index >= 15 is 0 Å². The third-order valence-corrected chi connectivity index (χ3v) is 4.36.